The van der Waals surface area contributed by atoms with Gasteiger partial charge >= 0.3 is 0 Å². The first-order valence-corrected chi connectivity index (χ1v) is 8.44. The summed E-state index contributed by atoms with van der Waals surface area (Å²) in [5.41, 5.74) is 2.69. The van der Waals surface area contributed by atoms with Crippen molar-refractivity contribution in [2.24, 2.45) is 0 Å². The van der Waals surface area contributed by atoms with Gasteiger partial charge in [0.25, 0.3) is 5.91 Å². The van der Waals surface area contributed by atoms with Crippen molar-refractivity contribution in [3.63, 3.8) is 0 Å². The van der Waals surface area contributed by atoms with Crippen LogP contribution >= 0.6 is 0 Å². The van der Waals surface area contributed by atoms with Crippen molar-refractivity contribution in [1.29, 1.82) is 0 Å². The van der Waals surface area contributed by atoms with Crippen LogP contribution in [0.2, 0.25) is 0 Å². The maximum atomic E-state index is 13.0. The molecular weight excluding hydrogens is 304 g/mol. The molecule has 3 heterocycles. The zero-order valence-electron chi connectivity index (χ0n) is 13.9. The van der Waals surface area contributed by atoms with E-state index in [9.17, 15) is 4.79 Å². The summed E-state index contributed by atoms with van der Waals surface area (Å²) in [4.78, 5) is 21.9. The first kappa shape index (κ1) is 15.4. The van der Waals surface area contributed by atoms with Gasteiger partial charge in [-0.3, -0.25) is 9.69 Å². The minimum absolute atomic E-state index is 0.0273. The summed E-state index contributed by atoms with van der Waals surface area (Å²) in [6.07, 6.45) is 0. The van der Waals surface area contributed by atoms with Gasteiger partial charge < -0.3 is 14.2 Å². The van der Waals surface area contributed by atoms with E-state index in [0.717, 1.165) is 36.7 Å². The van der Waals surface area contributed by atoms with Gasteiger partial charge in [-0.05, 0) is 7.05 Å². The molecule has 0 spiro atoms. The van der Waals surface area contributed by atoms with E-state index in [1.165, 1.54) is 0 Å². The molecule has 2 aromatic rings. The van der Waals surface area contributed by atoms with Gasteiger partial charge in [0.1, 0.15) is 5.82 Å². The number of benzene rings is 1. The van der Waals surface area contributed by atoms with E-state index >= 15 is 0 Å². The predicted molar refractivity (Wildman–Crippen MR) is 90.7 cm³/mol. The van der Waals surface area contributed by atoms with Crippen LogP contribution in [-0.2, 0) is 17.8 Å². The quantitative estimate of drug-likeness (QED) is 0.839. The van der Waals surface area contributed by atoms with Crippen LogP contribution in [-0.4, -0.2) is 65.2 Å². The molecule has 24 heavy (non-hydrogen) atoms. The molecule has 6 nitrogen and oxygen atoms in total. The lowest BCUT2D eigenvalue weighted by atomic mass is 10.2. The van der Waals surface area contributed by atoms with Gasteiger partial charge in [0.15, 0.2) is 5.69 Å². The minimum atomic E-state index is 0.0273. The number of likely N-dealkylation sites (N-methyl/N-ethyl adjacent to an activating group) is 1. The number of carbonyl (C=O) groups excluding carboxylic acids is 1. The number of fused-ring (bicyclic) bond motifs is 1. The SMILES string of the molecule is CN1CCn2c(-c3ccccc3)nc(C(=O)N3CCOCC3)c2C1. The molecule has 0 aliphatic carbocycles. The second-order valence-electron chi connectivity index (χ2n) is 6.39. The second kappa shape index (κ2) is 6.37. The fourth-order valence-corrected chi connectivity index (χ4v) is 3.39. The van der Waals surface area contributed by atoms with E-state index in [4.69, 9.17) is 9.72 Å². The van der Waals surface area contributed by atoms with Crippen LogP contribution in [0, 0.1) is 0 Å². The zero-order valence-corrected chi connectivity index (χ0v) is 13.9. The molecule has 4 rings (SSSR count). The highest BCUT2D eigenvalue weighted by molar-refractivity contribution is 5.94. The van der Waals surface area contributed by atoms with Crippen LogP contribution in [0.3, 0.4) is 0 Å². The Balaban J connectivity index is 1.76. The number of morpholine rings is 1. The van der Waals surface area contributed by atoms with Gasteiger partial charge in [0.05, 0.1) is 18.9 Å². The molecule has 126 valence electrons. The first-order valence-electron chi connectivity index (χ1n) is 8.44. The van der Waals surface area contributed by atoms with Crippen LogP contribution in [0.5, 0.6) is 0 Å². The summed E-state index contributed by atoms with van der Waals surface area (Å²) >= 11 is 0. The summed E-state index contributed by atoms with van der Waals surface area (Å²) in [7, 11) is 2.09. The van der Waals surface area contributed by atoms with E-state index in [2.05, 4.69) is 28.6 Å². The van der Waals surface area contributed by atoms with Gasteiger partial charge in [-0.15, -0.1) is 0 Å². The maximum absolute atomic E-state index is 13.0. The van der Waals surface area contributed by atoms with E-state index in [-0.39, 0.29) is 5.91 Å². The van der Waals surface area contributed by atoms with Crippen LogP contribution in [0.15, 0.2) is 30.3 Å². The summed E-state index contributed by atoms with van der Waals surface area (Å²) < 4.78 is 7.57. The third-order valence-electron chi connectivity index (χ3n) is 4.73. The highest BCUT2D eigenvalue weighted by Gasteiger charge is 2.29. The number of amides is 1. The molecule has 0 N–H and O–H groups in total. The molecule has 2 aliphatic heterocycles. The Kier molecular flexibility index (Phi) is 4.08. The third-order valence-corrected chi connectivity index (χ3v) is 4.73. The Hall–Kier alpha value is -2.18. The van der Waals surface area contributed by atoms with Crippen LogP contribution < -0.4 is 0 Å². The number of rotatable bonds is 2. The number of aromatic nitrogens is 2. The molecule has 1 saturated heterocycles. The Bertz CT molecular complexity index is 735. The summed E-state index contributed by atoms with van der Waals surface area (Å²) in [6.45, 7) is 5.07. The zero-order chi connectivity index (χ0) is 16.5. The number of hydrogen-bond acceptors (Lipinski definition) is 4. The lowest BCUT2D eigenvalue weighted by Crippen LogP contribution is -2.41. The molecule has 0 saturated carbocycles. The Morgan fingerprint density at radius 2 is 1.83 bits per heavy atom. The van der Waals surface area contributed by atoms with Crippen molar-refractivity contribution < 1.29 is 9.53 Å². The summed E-state index contributed by atoms with van der Waals surface area (Å²) in [5.74, 6) is 0.926. The van der Waals surface area contributed by atoms with Crippen molar-refractivity contribution in [2.45, 2.75) is 13.1 Å². The van der Waals surface area contributed by atoms with Crippen molar-refractivity contribution in [1.82, 2.24) is 19.4 Å². The molecule has 0 atom stereocenters. The van der Waals surface area contributed by atoms with E-state index in [1.807, 2.05) is 23.1 Å². The van der Waals surface area contributed by atoms with Gasteiger partial charge in [-0.1, -0.05) is 30.3 Å². The number of carbonyl (C=O) groups is 1. The van der Waals surface area contributed by atoms with Gasteiger partial charge in [-0.2, -0.15) is 0 Å². The molecule has 0 unspecified atom stereocenters. The number of ether oxygens (including phenoxy) is 1. The maximum Gasteiger partial charge on any atom is 0.274 e. The molecule has 6 heteroatoms. The molecule has 0 radical (unpaired) electrons. The van der Waals surface area contributed by atoms with E-state index in [0.29, 0.717) is 32.0 Å². The fourth-order valence-electron chi connectivity index (χ4n) is 3.39. The van der Waals surface area contributed by atoms with Crippen LogP contribution in [0.25, 0.3) is 11.4 Å². The monoisotopic (exact) mass is 326 g/mol. The topological polar surface area (TPSA) is 50.6 Å². The fraction of sp³-hybridized carbons (Fsp3) is 0.444. The van der Waals surface area contributed by atoms with E-state index < -0.39 is 0 Å². The predicted octanol–water partition coefficient (Wildman–Crippen LogP) is 1.47. The Morgan fingerprint density at radius 1 is 1.08 bits per heavy atom. The first-order chi connectivity index (χ1) is 11.7. The van der Waals surface area contributed by atoms with Crippen LogP contribution in [0.4, 0.5) is 0 Å². The van der Waals surface area contributed by atoms with Crippen molar-refractivity contribution in [2.75, 3.05) is 39.9 Å². The lowest BCUT2D eigenvalue weighted by molar-refractivity contribution is 0.0297. The van der Waals surface area contributed by atoms with Crippen molar-refractivity contribution in [3.8, 4) is 11.4 Å². The Morgan fingerprint density at radius 3 is 2.58 bits per heavy atom. The minimum Gasteiger partial charge on any atom is -0.378 e. The normalized spacial score (nSPS) is 18.5. The van der Waals surface area contributed by atoms with Gasteiger partial charge in [-0.25, -0.2) is 4.98 Å². The summed E-state index contributed by atoms with van der Waals surface area (Å²) in [5, 5.41) is 0. The molecule has 1 aromatic carbocycles. The number of nitrogens with zero attached hydrogens (tertiary/aromatic N) is 4. The standard InChI is InChI=1S/C18H22N4O2/c1-20-7-8-22-15(13-20)16(18(23)21-9-11-24-12-10-21)19-17(22)14-5-3-2-4-6-14/h2-6H,7-13H2,1H3. The second-order valence-corrected chi connectivity index (χ2v) is 6.39. The summed E-state index contributed by atoms with van der Waals surface area (Å²) in [6, 6.07) is 10.1. The average molecular weight is 326 g/mol. The van der Waals surface area contributed by atoms with E-state index in [1.54, 1.807) is 0 Å². The molecule has 2 aliphatic rings. The van der Waals surface area contributed by atoms with Gasteiger partial charge in [0.2, 0.25) is 0 Å². The number of imidazole rings is 1. The largest absolute Gasteiger partial charge is 0.378 e. The molecule has 1 amide bonds. The highest BCUT2D eigenvalue weighted by atomic mass is 16.5. The smallest absolute Gasteiger partial charge is 0.274 e. The molecule has 1 aromatic heterocycles. The Labute approximate surface area is 141 Å². The lowest BCUT2D eigenvalue weighted by Gasteiger charge is -2.28. The molecular formula is C18H22N4O2. The number of hydrogen-bond donors (Lipinski definition) is 0. The van der Waals surface area contributed by atoms with Crippen molar-refractivity contribution >= 4 is 5.91 Å². The third kappa shape index (κ3) is 2.72. The average Bonchev–Trinajstić information content (AvgIpc) is 3.01. The van der Waals surface area contributed by atoms with Gasteiger partial charge in [0, 0.05) is 38.3 Å². The molecule has 0 bridgehead atoms. The highest BCUT2D eigenvalue weighted by Crippen LogP contribution is 2.27. The molecule has 1 fully saturated rings. The van der Waals surface area contributed by atoms with Crippen LogP contribution in [0.1, 0.15) is 16.2 Å². The van der Waals surface area contributed by atoms with Crippen molar-refractivity contribution in [3.05, 3.63) is 41.7 Å².